The molecular weight excluding hydrogens is 282 g/mol. The molecule has 0 fully saturated rings. The van der Waals surface area contributed by atoms with Crippen molar-refractivity contribution in [1.82, 2.24) is 0 Å². The van der Waals surface area contributed by atoms with Gasteiger partial charge in [0.2, 0.25) is 0 Å². The van der Waals surface area contributed by atoms with E-state index in [2.05, 4.69) is 6.07 Å². The third kappa shape index (κ3) is 3.61. The number of nitriles is 1. The number of para-hydroxylation sites is 3. The monoisotopic (exact) mass is 299 g/mol. The van der Waals surface area contributed by atoms with Crippen molar-refractivity contribution in [2.24, 2.45) is 0 Å². The van der Waals surface area contributed by atoms with Crippen molar-refractivity contribution < 1.29 is 18.9 Å². The van der Waals surface area contributed by atoms with Gasteiger partial charge < -0.3 is 18.9 Å². The van der Waals surface area contributed by atoms with Crippen LogP contribution in [0.3, 0.4) is 0 Å². The standard InChI is InChI=1S/C17H17NO4/c1-19-14-7-3-4-8-15(14)21-10-11-22-17-13(12-18)6-5-9-16(17)20-2/h3-9H,10-11H2,1-2H3. The van der Waals surface area contributed by atoms with Crippen molar-refractivity contribution in [1.29, 1.82) is 5.26 Å². The predicted molar refractivity (Wildman–Crippen MR) is 81.7 cm³/mol. The minimum absolute atomic E-state index is 0.285. The van der Waals surface area contributed by atoms with E-state index in [1.54, 1.807) is 25.3 Å². The van der Waals surface area contributed by atoms with E-state index in [-0.39, 0.29) is 6.61 Å². The first kappa shape index (κ1) is 15.5. The Labute approximate surface area is 129 Å². The average molecular weight is 299 g/mol. The van der Waals surface area contributed by atoms with Gasteiger partial charge in [-0.25, -0.2) is 0 Å². The van der Waals surface area contributed by atoms with Crippen LogP contribution in [0.25, 0.3) is 0 Å². The zero-order valence-electron chi connectivity index (χ0n) is 12.5. The molecule has 5 heteroatoms. The highest BCUT2D eigenvalue weighted by atomic mass is 16.5. The SMILES string of the molecule is COc1ccccc1OCCOc1c(C#N)cccc1OC. The summed E-state index contributed by atoms with van der Waals surface area (Å²) in [5.74, 6) is 2.26. The second-order valence-electron chi connectivity index (χ2n) is 4.30. The first-order chi connectivity index (χ1) is 10.8. The van der Waals surface area contributed by atoms with Crippen LogP contribution in [-0.4, -0.2) is 27.4 Å². The molecule has 5 nitrogen and oxygen atoms in total. The Kier molecular flexibility index (Phi) is 5.50. The minimum atomic E-state index is 0.285. The largest absolute Gasteiger partial charge is 0.493 e. The molecule has 0 aliphatic carbocycles. The van der Waals surface area contributed by atoms with Crippen molar-refractivity contribution >= 4 is 0 Å². The number of hydrogen-bond donors (Lipinski definition) is 0. The van der Waals surface area contributed by atoms with E-state index in [1.165, 1.54) is 7.11 Å². The van der Waals surface area contributed by atoms with Crippen LogP contribution in [0.1, 0.15) is 5.56 Å². The lowest BCUT2D eigenvalue weighted by Gasteiger charge is -2.13. The molecule has 0 aliphatic heterocycles. The second-order valence-corrected chi connectivity index (χ2v) is 4.30. The van der Waals surface area contributed by atoms with Crippen LogP contribution >= 0.6 is 0 Å². The van der Waals surface area contributed by atoms with Gasteiger partial charge in [0, 0.05) is 0 Å². The Hall–Kier alpha value is -2.87. The number of methoxy groups -OCH3 is 2. The highest BCUT2D eigenvalue weighted by molar-refractivity contribution is 5.52. The number of ether oxygens (including phenoxy) is 4. The van der Waals surface area contributed by atoms with E-state index in [4.69, 9.17) is 24.2 Å². The van der Waals surface area contributed by atoms with Crippen LogP contribution in [0, 0.1) is 11.3 Å². The summed E-state index contributed by atoms with van der Waals surface area (Å²) in [4.78, 5) is 0. The van der Waals surface area contributed by atoms with Crippen LogP contribution in [-0.2, 0) is 0 Å². The Bertz CT molecular complexity index is 664. The molecule has 0 heterocycles. The third-order valence-corrected chi connectivity index (χ3v) is 2.98. The summed E-state index contributed by atoms with van der Waals surface area (Å²) in [5, 5.41) is 9.11. The Morgan fingerprint density at radius 2 is 1.45 bits per heavy atom. The zero-order chi connectivity index (χ0) is 15.8. The molecular formula is C17H17NO4. The predicted octanol–water partition coefficient (Wildman–Crippen LogP) is 3.03. The van der Waals surface area contributed by atoms with E-state index in [1.807, 2.05) is 24.3 Å². The maximum atomic E-state index is 9.11. The van der Waals surface area contributed by atoms with Gasteiger partial charge in [-0.2, -0.15) is 5.26 Å². The Balaban J connectivity index is 1.96. The number of nitrogens with zero attached hydrogens (tertiary/aromatic N) is 1. The maximum Gasteiger partial charge on any atom is 0.179 e. The average Bonchev–Trinajstić information content (AvgIpc) is 2.58. The van der Waals surface area contributed by atoms with Crippen molar-refractivity contribution in [3.63, 3.8) is 0 Å². The highest BCUT2D eigenvalue weighted by Crippen LogP contribution is 2.30. The van der Waals surface area contributed by atoms with Crippen LogP contribution in [0.15, 0.2) is 42.5 Å². The lowest BCUT2D eigenvalue weighted by atomic mass is 10.2. The van der Waals surface area contributed by atoms with Gasteiger partial charge >= 0.3 is 0 Å². The summed E-state index contributed by atoms with van der Waals surface area (Å²) in [6.07, 6.45) is 0. The first-order valence-electron chi connectivity index (χ1n) is 6.76. The fourth-order valence-electron chi connectivity index (χ4n) is 1.95. The summed E-state index contributed by atoms with van der Waals surface area (Å²) in [7, 11) is 3.13. The maximum absolute atomic E-state index is 9.11. The zero-order valence-corrected chi connectivity index (χ0v) is 12.5. The molecule has 2 aromatic rings. The van der Waals surface area contributed by atoms with E-state index in [0.29, 0.717) is 35.2 Å². The Morgan fingerprint density at radius 3 is 2.14 bits per heavy atom. The highest BCUT2D eigenvalue weighted by Gasteiger charge is 2.10. The lowest BCUT2D eigenvalue weighted by molar-refractivity contribution is 0.206. The van der Waals surface area contributed by atoms with Gasteiger partial charge in [-0.15, -0.1) is 0 Å². The third-order valence-electron chi connectivity index (χ3n) is 2.98. The van der Waals surface area contributed by atoms with Crippen LogP contribution in [0.5, 0.6) is 23.0 Å². The molecule has 0 aliphatic rings. The van der Waals surface area contributed by atoms with E-state index in [9.17, 15) is 0 Å². The van der Waals surface area contributed by atoms with Gasteiger partial charge in [0.05, 0.1) is 19.8 Å². The molecule has 0 unspecified atom stereocenters. The van der Waals surface area contributed by atoms with E-state index >= 15 is 0 Å². The molecule has 0 N–H and O–H groups in total. The molecule has 0 atom stereocenters. The summed E-state index contributed by atoms with van der Waals surface area (Å²) in [6.45, 7) is 0.608. The van der Waals surface area contributed by atoms with Crippen molar-refractivity contribution in [3.8, 4) is 29.1 Å². The number of hydrogen-bond acceptors (Lipinski definition) is 5. The quantitative estimate of drug-likeness (QED) is 0.735. The van der Waals surface area contributed by atoms with Crippen LogP contribution < -0.4 is 18.9 Å². The van der Waals surface area contributed by atoms with Gasteiger partial charge in [-0.1, -0.05) is 18.2 Å². The molecule has 2 rings (SSSR count). The van der Waals surface area contributed by atoms with Crippen LogP contribution in [0.4, 0.5) is 0 Å². The van der Waals surface area contributed by atoms with E-state index in [0.717, 1.165) is 0 Å². The summed E-state index contributed by atoms with van der Waals surface area (Å²) >= 11 is 0. The molecule has 0 aromatic heterocycles. The lowest BCUT2D eigenvalue weighted by Crippen LogP contribution is -2.10. The summed E-state index contributed by atoms with van der Waals surface area (Å²) in [6, 6.07) is 14.6. The van der Waals surface area contributed by atoms with Crippen LogP contribution in [0.2, 0.25) is 0 Å². The molecule has 22 heavy (non-hydrogen) atoms. The molecule has 0 bridgehead atoms. The fraction of sp³-hybridized carbons (Fsp3) is 0.235. The second kappa shape index (κ2) is 7.79. The smallest absolute Gasteiger partial charge is 0.179 e. The molecule has 0 saturated heterocycles. The van der Waals surface area contributed by atoms with E-state index < -0.39 is 0 Å². The summed E-state index contributed by atoms with van der Waals surface area (Å²) < 4.78 is 21.7. The normalized spacial score (nSPS) is 9.68. The van der Waals surface area contributed by atoms with Gasteiger partial charge in [-0.3, -0.25) is 0 Å². The van der Waals surface area contributed by atoms with Gasteiger partial charge in [0.25, 0.3) is 0 Å². The van der Waals surface area contributed by atoms with Crippen molar-refractivity contribution in [2.75, 3.05) is 27.4 Å². The molecule has 0 saturated carbocycles. The number of benzene rings is 2. The first-order valence-corrected chi connectivity index (χ1v) is 6.76. The Morgan fingerprint density at radius 1 is 0.818 bits per heavy atom. The molecule has 114 valence electrons. The topological polar surface area (TPSA) is 60.7 Å². The molecule has 2 aromatic carbocycles. The number of rotatable bonds is 7. The summed E-state index contributed by atoms with van der Waals surface area (Å²) in [5.41, 5.74) is 0.427. The van der Waals surface area contributed by atoms with Gasteiger partial charge in [0.1, 0.15) is 19.3 Å². The fourth-order valence-corrected chi connectivity index (χ4v) is 1.95. The van der Waals surface area contributed by atoms with Crippen molar-refractivity contribution in [3.05, 3.63) is 48.0 Å². The molecule has 0 radical (unpaired) electrons. The minimum Gasteiger partial charge on any atom is -0.493 e. The van der Waals surface area contributed by atoms with Gasteiger partial charge in [0.15, 0.2) is 23.0 Å². The van der Waals surface area contributed by atoms with Crippen molar-refractivity contribution in [2.45, 2.75) is 0 Å². The molecule has 0 spiro atoms. The van der Waals surface area contributed by atoms with Gasteiger partial charge in [-0.05, 0) is 24.3 Å². The molecule has 0 amide bonds.